The summed E-state index contributed by atoms with van der Waals surface area (Å²) in [6, 6.07) is 12.6. The van der Waals surface area contributed by atoms with Gasteiger partial charge in [-0.05, 0) is 42.3 Å². The summed E-state index contributed by atoms with van der Waals surface area (Å²) in [7, 11) is -3.39. The molecule has 8 heteroatoms. The van der Waals surface area contributed by atoms with Crippen molar-refractivity contribution in [1.29, 1.82) is 0 Å². The highest BCUT2D eigenvalue weighted by molar-refractivity contribution is 7.92. The van der Waals surface area contributed by atoms with Crippen molar-refractivity contribution >= 4 is 27.3 Å². The first-order valence-electron chi connectivity index (χ1n) is 8.52. The van der Waals surface area contributed by atoms with Gasteiger partial charge in [0, 0.05) is 19.0 Å². The largest absolute Gasteiger partial charge is 0.284 e. The van der Waals surface area contributed by atoms with Gasteiger partial charge in [0.25, 0.3) is 0 Å². The molecule has 2 aromatic rings. The molecule has 1 atom stereocenters. The van der Waals surface area contributed by atoms with E-state index in [-0.39, 0.29) is 17.5 Å². The molecule has 6 nitrogen and oxygen atoms in total. The van der Waals surface area contributed by atoms with Gasteiger partial charge < -0.3 is 0 Å². The van der Waals surface area contributed by atoms with E-state index in [2.05, 4.69) is 9.82 Å². The van der Waals surface area contributed by atoms with Crippen LogP contribution < -0.4 is 4.72 Å². The molecule has 0 bridgehead atoms. The Hall–Kier alpha value is -2.74. The number of carbonyl (C=O) groups is 1. The molecule has 3 rings (SSSR count). The van der Waals surface area contributed by atoms with Crippen LogP contribution in [0.15, 0.2) is 53.6 Å². The third-order valence-corrected chi connectivity index (χ3v) is 5.62. The van der Waals surface area contributed by atoms with Crippen LogP contribution in [-0.4, -0.2) is 30.8 Å². The van der Waals surface area contributed by atoms with Crippen LogP contribution in [0.3, 0.4) is 0 Å². The lowest BCUT2D eigenvalue weighted by atomic mass is 9.98. The number of benzene rings is 2. The van der Waals surface area contributed by atoms with Gasteiger partial charge in [-0.2, -0.15) is 5.10 Å². The quantitative estimate of drug-likeness (QED) is 0.852. The van der Waals surface area contributed by atoms with E-state index in [1.165, 1.54) is 24.1 Å². The van der Waals surface area contributed by atoms with Crippen molar-refractivity contribution in [2.75, 3.05) is 10.5 Å². The van der Waals surface area contributed by atoms with Crippen molar-refractivity contribution in [2.45, 2.75) is 26.3 Å². The number of hydrogen-bond donors (Lipinski definition) is 1. The molecule has 2 aromatic carbocycles. The molecule has 0 saturated heterocycles. The number of halogens is 1. The van der Waals surface area contributed by atoms with E-state index >= 15 is 0 Å². The fraction of sp³-hybridized carbons (Fsp3) is 0.263. The second-order valence-corrected chi connectivity index (χ2v) is 8.28. The first-order valence-corrected chi connectivity index (χ1v) is 10.2. The lowest BCUT2D eigenvalue weighted by molar-refractivity contribution is -0.130. The topological polar surface area (TPSA) is 78.8 Å². The molecule has 1 unspecified atom stereocenters. The molecule has 1 N–H and O–H groups in total. The number of amides is 1. The molecule has 27 heavy (non-hydrogen) atoms. The summed E-state index contributed by atoms with van der Waals surface area (Å²) in [5.41, 5.74) is 2.43. The molecular weight excluding hydrogens is 369 g/mol. The van der Waals surface area contributed by atoms with E-state index in [4.69, 9.17) is 0 Å². The Labute approximate surface area is 157 Å². The smallest absolute Gasteiger partial charge is 0.240 e. The molecule has 142 valence electrons. The monoisotopic (exact) mass is 389 g/mol. The zero-order chi connectivity index (χ0) is 19.6. The average molecular weight is 389 g/mol. The summed E-state index contributed by atoms with van der Waals surface area (Å²) in [6.07, 6.45) is 0.410. The van der Waals surface area contributed by atoms with Crippen molar-refractivity contribution in [3.05, 3.63) is 65.5 Å². The molecule has 1 heterocycles. The summed E-state index contributed by atoms with van der Waals surface area (Å²) < 4.78 is 39.7. The van der Waals surface area contributed by atoms with Gasteiger partial charge in [0.05, 0.1) is 17.5 Å². The molecule has 1 aliphatic heterocycles. The molecule has 0 saturated carbocycles. The number of sulfonamides is 1. The van der Waals surface area contributed by atoms with E-state index in [0.29, 0.717) is 28.9 Å². The van der Waals surface area contributed by atoms with Gasteiger partial charge in [-0.1, -0.05) is 24.3 Å². The third kappa shape index (κ3) is 4.33. The highest BCUT2D eigenvalue weighted by Gasteiger charge is 2.31. The van der Waals surface area contributed by atoms with Gasteiger partial charge in [0.1, 0.15) is 5.82 Å². The summed E-state index contributed by atoms with van der Waals surface area (Å²) in [4.78, 5) is 12.0. The minimum absolute atomic E-state index is 0.0298. The second kappa shape index (κ2) is 7.48. The lowest BCUT2D eigenvalue weighted by Gasteiger charge is -2.20. The van der Waals surface area contributed by atoms with Crippen molar-refractivity contribution in [2.24, 2.45) is 5.10 Å². The lowest BCUT2D eigenvalue weighted by Crippen LogP contribution is -2.24. The minimum atomic E-state index is -3.39. The maximum atomic E-state index is 13.6. The SMILES string of the molecule is CCS(=O)(=O)Nc1cccc(C2=NN(C(C)=O)C(c3cccc(F)c3)C2)c1. The molecule has 1 aliphatic rings. The first-order chi connectivity index (χ1) is 12.8. The summed E-state index contributed by atoms with van der Waals surface area (Å²) in [5, 5.41) is 5.74. The Morgan fingerprint density at radius 3 is 2.67 bits per heavy atom. The van der Waals surface area contributed by atoms with Gasteiger partial charge in [-0.15, -0.1) is 0 Å². The van der Waals surface area contributed by atoms with Crippen molar-refractivity contribution in [3.63, 3.8) is 0 Å². The standard InChI is InChI=1S/C19H20FN3O3S/c1-3-27(25,26)22-17-9-5-6-14(11-17)18-12-19(23(21-18)13(2)24)15-7-4-8-16(20)10-15/h4-11,19,22H,3,12H2,1-2H3. The van der Waals surface area contributed by atoms with Crippen LogP contribution >= 0.6 is 0 Å². The highest BCUT2D eigenvalue weighted by Crippen LogP contribution is 2.33. The van der Waals surface area contributed by atoms with E-state index in [1.807, 2.05) is 0 Å². The molecular formula is C19H20FN3O3S. The van der Waals surface area contributed by atoms with Crippen LogP contribution in [0, 0.1) is 5.82 Å². The van der Waals surface area contributed by atoms with Crippen LogP contribution in [0.25, 0.3) is 0 Å². The number of rotatable bonds is 5. The molecule has 0 aliphatic carbocycles. The molecule has 0 spiro atoms. The van der Waals surface area contributed by atoms with Crippen LogP contribution in [0.2, 0.25) is 0 Å². The average Bonchev–Trinajstić information content (AvgIpc) is 3.07. The predicted molar refractivity (Wildman–Crippen MR) is 102 cm³/mol. The Morgan fingerprint density at radius 2 is 2.00 bits per heavy atom. The first kappa shape index (κ1) is 19.0. The number of nitrogens with one attached hydrogen (secondary N) is 1. The van der Waals surface area contributed by atoms with Crippen LogP contribution in [0.1, 0.15) is 37.4 Å². The second-order valence-electron chi connectivity index (χ2n) is 6.27. The number of hydrogen-bond acceptors (Lipinski definition) is 4. The van der Waals surface area contributed by atoms with Gasteiger partial charge in [-0.25, -0.2) is 17.8 Å². The minimum Gasteiger partial charge on any atom is -0.284 e. The Kier molecular flexibility index (Phi) is 5.27. The van der Waals surface area contributed by atoms with Crippen LogP contribution in [0.5, 0.6) is 0 Å². The predicted octanol–water partition coefficient (Wildman–Crippen LogP) is 3.28. The maximum absolute atomic E-state index is 13.6. The zero-order valence-electron chi connectivity index (χ0n) is 15.0. The van der Waals surface area contributed by atoms with Crippen LogP contribution in [0.4, 0.5) is 10.1 Å². The van der Waals surface area contributed by atoms with Crippen LogP contribution in [-0.2, 0) is 14.8 Å². The zero-order valence-corrected chi connectivity index (χ0v) is 15.8. The number of anilines is 1. The van der Waals surface area contributed by atoms with Gasteiger partial charge in [0.2, 0.25) is 15.9 Å². The number of carbonyl (C=O) groups excluding carboxylic acids is 1. The maximum Gasteiger partial charge on any atom is 0.240 e. The van der Waals surface area contributed by atoms with Crippen molar-refractivity contribution in [1.82, 2.24) is 5.01 Å². The van der Waals surface area contributed by atoms with E-state index in [1.54, 1.807) is 43.3 Å². The fourth-order valence-electron chi connectivity index (χ4n) is 2.96. The van der Waals surface area contributed by atoms with Crippen molar-refractivity contribution < 1.29 is 17.6 Å². The van der Waals surface area contributed by atoms with E-state index in [9.17, 15) is 17.6 Å². The Morgan fingerprint density at radius 1 is 1.26 bits per heavy atom. The Balaban J connectivity index is 1.91. The normalized spacial score (nSPS) is 16.9. The molecule has 0 aromatic heterocycles. The fourth-order valence-corrected chi connectivity index (χ4v) is 3.59. The van der Waals surface area contributed by atoms with Gasteiger partial charge >= 0.3 is 0 Å². The number of nitrogens with zero attached hydrogens (tertiary/aromatic N) is 2. The molecule has 1 amide bonds. The summed E-state index contributed by atoms with van der Waals surface area (Å²) in [5.74, 6) is -0.652. The molecule has 0 radical (unpaired) electrons. The summed E-state index contributed by atoms with van der Waals surface area (Å²) in [6.45, 7) is 2.96. The van der Waals surface area contributed by atoms with Gasteiger partial charge in [0.15, 0.2) is 0 Å². The molecule has 0 fully saturated rings. The van der Waals surface area contributed by atoms with E-state index in [0.717, 1.165) is 0 Å². The Bertz CT molecular complexity index is 1000. The number of hydrazone groups is 1. The van der Waals surface area contributed by atoms with E-state index < -0.39 is 16.1 Å². The highest BCUT2D eigenvalue weighted by atomic mass is 32.2. The summed E-state index contributed by atoms with van der Waals surface area (Å²) >= 11 is 0. The van der Waals surface area contributed by atoms with Crippen molar-refractivity contribution in [3.8, 4) is 0 Å². The third-order valence-electron chi connectivity index (χ3n) is 4.32. The van der Waals surface area contributed by atoms with Gasteiger partial charge in [-0.3, -0.25) is 9.52 Å².